The van der Waals surface area contributed by atoms with Gasteiger partial charge in [-0.05, 0) is 22.1 Å². The van der Waals surface area contributed by atoms with E-state index in [0.29, 0.717) is 6.61 Å². The lowest BCUT2D eigenvalue weighted by atomic mass is 10.2. The van der Waals surface area contributed by atoms with E-state index in [0.717, 1.165) is 35.3 Å². The fourth-order valence-electron chi connectivity index (χ4n) is 2.31. The number of benzene rings is 2. The molecule has 0 saturated heterocycles. The Morgan fingerprint density at radius 3 is 2.62 bits per heavy atom. The highest BCUT2D eigenvalue weighted by molar-refractivity contribution is 7.99. The van der Waals surface area contributed by atoms with Crippen molar-refractivity contribution in [1.82, 2.24) is 25.5 Å². The highest BCUT2D eigenvalue weighted by Crippen LogP contribution is 2.19. The number of aromatic nitrogens is 4. The summed E-state index contributed by atoms with van der Waals surface area (Å²) in [6.07, 6.45) is 0. The van der Waals surface area contributed by atoms with Gasteiger partial charge in [0.15, 0.2) is 0 Å². The molecule has 6 nitrogen and oxygen atoms in total. The molecule has 0 aliphatic carbocycles. The molecule has 26 heavy (non-hydrogen) atoms. The van der Waals surface area contributed by atoms with Crippen LogP contribution in [0.1, 0.15) is 11.1 Å². The van der Waals surface area contributed by atoms with E-state index >= 15 is 0 Å². The molecule has 0 bridgehead atoms. The minimum Gasteiger partial charge on any atom is -0.489 e. The lowest BCUT2D eigenvalue weighted by molar-refractivity contribution is 0.302. The SMILES string of the molecule is Cl.Cn1nnnc1SCCNCc1ccccc1OCc1ccccc1. The van der Waals surface area contributed by atoms with Crippen LogP contribution in [0.25, 0.3) is 0 Å². The average molecular weight is 392 g/mol. The van der Waals surface area contributed by atoms with Crippen LogP contribution in [0.3, 0.4) is 0 Å². The van der Waals surface area contributed by atoms with Crippen molar-refractivity contribution < 1.29 is 4.74 Å². The Kier molecular flexibility index (Phi) is 8.40. The predicted octanol–water partition coefficient (Wildman–Crippen LogP) is 3.09. The fraction of sp³-hybridized carbons (Fsp3) is 0.278. The molecule has 1 heterocycles. The number of aryl methyl sites for hydroxylation is 1. The monoisotopic (exact) mass is 391 g/mol. The number of tetrazole rings is 1. The maximum absolute atomic E-state index is 5.98. The Morgan fingerprint density at radius 1 is 1.08 bits per heavy atom. The Bertz CT molecular complexity index is 784. The molecule has 1 N–H and O–H groups in total. The van der Waals surface area contributed by atoms with Gasteiger partial charge in [0.1, 0.15) is 12.4 Å². The number of thioether (sulfide) groups is 1. The molecule has 8 heteroatoms. The number of para-hydroxylation sites is 1. The topological polar surface area (TPSA) is 64.9 Å². The van der Waals surface area contributed by atoms with Gasteiger partial charge in [-0.1, -0.05) is 60.3 Å². The number of halogens is 1. The van der Waals surface area contributed by atoms with Crippen LogP contribution in [0.15, 0.2) is 59.8 Å². The lowest BCUT2D eigenvalue weighted by Crippen LogP contribution is -2.17. The van der Waals surface area contributed by atoms with Gasteiger partial charge in [-0.25, -0.2) is 4.68 Å². The summed E-state index contributed by atoms with van der Waals surface area (Å²) in [5, 5.41) is 15.7. The number of hydrogen-bond donors (Lipinski definition) is 1. The van der Waals surface area contributed by atoms with E-state index in [-0.39, 0.29) is 12.4 Å². The van der Waals surface area contributed by atoms with Crippen molar-refractivity contribution in [2.24, 2.45) is 7.05 Å². The van der Waals surface area contributed by atoms with Crippen molar-refractivity contribution in [3.63, 3.8) is 0 Å². The van der Waals surface area contributed by atoms with Crippen LogP contribution < -0.4 is 10.1 Å². The van der Waals surface area contributed by atoms with Gasteiger partial charge in [-0.3, -0.25) is 0 Å². The zero-order chi connectivity index (χ0) is 17.3. The number of rotatable bonds is 9. The molecule has 0 amide bonds. The first kappa shape index (κ1) is 20.2. The molecule has 3 rings (SSSR count). The van der Waals surface area contributed by atoms with Crippen molar-refractivity contribution in [3.05, 3.63) is 65.7 Å². The molecule has 0 spiro atoms. The summed E-state index contributed by atoms with van der Waals surface area (Å²) in [6, 6.07) is 18.3. The van der Waals surface area contributed by atoms with Crippen molar-refractivity contribution in [3.8, 4) is 5.75 Å². The van der Waals surface area contributed by atoms with Gasteiger partial charge in [0.2, 0.25) is 5.16 Å². The van der Waals surface area contributed by atoms with Crippen LogP contribution in [0.5, 0.6) is 5.75 Å². The van der Waals surface area contributed by atoms with Crippen LogP contribution in [0.4, 0.5) is 0 Å². The molecule has 138 valence electrons. The van der Waals surface area contributed by atoms with Crippen LogP contribution in [0, 0.1) is 0 Å². The molecule has 0 radical (unpaired) electrons. The summed E-state index contributed by atoms with van der Waals surface area (Å²) in [6.45, 7) is 2.21. The first-order valence-corrected chi connectivity index (χ1v) is 9.12. The average Bonchev–Trinajstić information content (AvgIpc) is 3.06. The first-order valence-electron chi connectivity index (χ1n) is 8.13. The number of ether oxygens (including phenoxy) is 1. The highest BCUT2D eigenvalue weighted by atomic mass is 35.5. The van der Waals surface area contributed by atoms with E-state index in [9.17, 15) is 0 Å². The van der Waals surface area contributed by atoms with Gasteiger partial charge in [0, 0.05) is 31.5 Å². The van der Waals surface area contributed by atoms with Gasteiger partial charge in [-0.15, -0.1) is 17.5 Å². The highest BCUT2D eigenvalue weighted by Gasteiger charge is 2.05. The van der Waals surface area contributed by atoms with Crippen LogP contribution in [0.2, 0.25) is 0 Å². The van der Waals surface area contributed by atoms with Crippen LogP contribution >= 0.6 is 24.2 Å². The fourth-order valence-corrected chi connectivity index (χ4v) is 3.05. The summed E-state index contributed by atoms with van der Waals surface area (Å²) >= 11 is 1.63. The van der Waals surface area contributed by atoms with E-state index in [4.69, 9.17) is 4.74 Å². The van der Waals surface area contributed by atoms with Gasteiger partial charge in [0.05, 0.1) is 0 Å². The summed E-state index contributed by atoms with van der Waals surface area (Å²) in [7, 11) is 1.84. The minimum atomic E-state index is 0. The second-order valence-electron chi connectivity index (χ2n) is 5.49. The van der Waals surface area contributed by atoms with E-state index in [2.05, 4.69) is 39.0 Å². The van der Waals surface area contributed by atoms with Gasteiger partial charge < -0.3 is 10.1 Å². The number of nitrogens with one attached hydrogen (secondary N) is 1. The normalized spacial score (nSPS) is 10.3. The molecule has 0 aliphatic rings. The van der Waals surface area contributed by atoms with Crippen LogP contribution in [-0.4, -0.2) is 32.5 Å². The number of hydrogen-bond acceptors (Lipinski definition) is 6. The molecule has 0 fully saturated rings. The summed E-state index contributed by atoms with van der Waals surface area (Å²) < 4.78 is 7.66. The quantitative estimate of drug-likeness (QED) is 0.446. The smallest absolute Gasteiger partial charge is 0.209 e. The Morgan fingerprint density at radius 2 is 1.85 bits per heavy atom. The molecule has 0 aliphatic heterocycles. The van der Waals surface area contributed by atoms with Gasteiger partial charge >= 0.3 is 0 Å². The molecule has 2 aromatic carbocycles. The summed E-state index contributed by atoms with van der Waals surface area (Å²) in [4.78, 5) is 0. The largest absolute Gasteiger partial charge is 0.489 e. The van der Waals surface area contributed by atoms with Crippen molar-refractivity contribution >= 4 is 24.2 Å². The molecular weight excluding hydrogens is 370 g/mol. The third-order valence-electron chi connectivity index (χ3n) is 3.62. The third-order valence-corrected chi connectivity index (χ3v) is 4.63. The van der Waals surface area contributed by atoms with E-state index in [1.54, 1.807) is 16.4 Å². The second-order valence-corrected chi connectivity index (χ2v) is 6.55. The Hall–Kier alpha value is -2.09. The van der Waals surface area contributed by atoms with E-state index in [1.165, 1.54) is 5.56 Å². The molecular formula is C18H22ClN5OS. The van der Waals surface area contributed by atoms with Crippen molar-refractivity contribution in [1.29, 1.82) is 0 Å². The van der Waals surface area contributed by atoms with Gasteiger partial charge in [-0.2, -0.15) is 0 Å². The van der Waals surface area contributed by atoms with Crippen LogP contribution in [-0.2, 0) is 20.2 Å². The van der Waals surface area contributed by atoms with Crippen molar-refractivity contribution in [2.75, 3.05) is 12.3 Å². The predicted molar refractivity (Wildman–Crippen MR) is 106 cm³/mol. The standard InChI is InChI=1S/C18H21N5OS.ClH/c1-23-18(20-21-22-23)25-12-11-19-13-16-9-5-6-10-17(16)24-14-15-7-3-2-4-8-15;/h2-10,19H,11-14H2,1H3;1H. The second kappa shape index (κ2) is 10.8. The van der Waals surface area contributed by atoms with Gasteiger partial charge in [0.25, 0.3) is 0 Å². The molecule has 3 aromatic rings. The number of nitrogens with zero attached hydrogens (tertiary/aromatic N) is 4. The first-order chi connectivity index (χ1) is 12.3. The van der Waals surface area contributed by atoms with E-state index < -0.39 is 0 Å². The Labute approximate surface area is 163 Å². The third kappa shape index (κ3) is 6.01. The molecule has 0 atom stereocenters. The minimum absolute atomic E-state index is 0. The molecule has 0 saturated carbocycles. The zero-order valence-electron chi connectivity index (χ0n) is 14.5. The lowest BCUT2D eigenvalue weighted by Gasteiger charge is -2.12. The zero-order valence-corrected chi connectivity index (χ0v) is 16.2. The Balaban J connectivity index is 0.00000243. The maximum atomic E-state index is 5.98. The maximum Gasteiger partial charge on any atom is 0.209 e. The summed E-state index contributed by atoms with van der Waals surface area (Å²) in [5.74, 6) is 1.82. The molecule has 0 unspecified atom stereocenters. The van der Waals surface area contributed by atoms with E-state index in [1.807, 2.05) is 43.4 Å². The molecule has 1 aromatic heterocycles. The van der Waals surface area contributed by atoms with Crippen molar-refractivity contribution in [2.45, 2.75) is 18.3 Å². The summed E-state index contributed by atoms with van der Waals surface area (Å²) in [5.41, 5.74) is 2.32.